The minimum absolute atomic E-state index is 0.259. The van der Waals surface area contributed by atoms with Crippen molar-refractivity contribution in [1.82, 2.24) is 4.90 Å². The fourth-order valence-electron chi connectivity index (χ4n) is 3.37. The van der Waals surface area contributed by atoms with Crippen molar-refractivity contribution in [2.24, 2.45) is 5.92 Å². The number of hydrogen-bond acceptors (Lipinski definition) is 4. The highest BCUT2D eigenvalue weighted by Crippen LogP contribution is 2.54. The lowest BCUT2D eigenvalue weighted by Gasteiger charge is -2.38. The normalized spacial score (nSPS) is 18.2. The molecule has 0 saturated heterocycles. The maximum absolute atomic E-state index is 5.69. The van der Waals surface area contributed by atoms with Crippen molar-refractivity contribution >= 4 is 15.9 Å². The molecule has 0 N–H and O–H groups in total. The number of benzene rings is 1. The molecular formula is C19H32BrNO3. The minimum atomic E-state index is 0.259. The van der Waals surface area contributed by atoms with Gasteiger partial charge in [-0.25, -0.2) is 0 Å². The predicted octanol–water partition coefficient (Wildman–Crippen LogP) is 5.42. The number of fused-ring (bicyclic) bond motifs is 2. The molecule has 0 radical (unpaired) electrons. The molecule has 5 heteroatoms. The Kier molecular flexibility index (Phi) is 8.37. The van der Waals surface area contributed by atoms with Crippen LogP contribution in [0.4, 0.5) is 0 Å². The summed E-state index contributed by atoms with van der Waals surface area (Å²) in [6, 6.07) is 0.333. The zero-order chi connectivity index (χ0) is 18.4. The molecule has 1 aromatic rings. The Morgan fingerprint density at radius 2 is 1.71 bits per heavy atom. The third-order valence-corrected chi connectivity index (χ3v) is 5.01. The van der Waals surface area contributed by atoms with Gasteiger partial charge >= 0.3 is 0 Å². The van der Waals surface area contributed by atoms with Crippen LogP contribution in [0.1, 0.15) is 58.7 Å². The summed E-state index contributed by atoms with van der Waals surface area (Å²) < 4.78 is 17.9. The molecule has 0 saturated carbocycles. The van der Waals surface area contributed by atoms with Crippen molar-refractivity contribution in [3.8, 4) is 17.2 Å². The molecule has 24 heavy (non-hydrogen) atoms. The molecule has 0 fully saturated rings. The maximum Gasteiger partial charge on any atom is 0.231 e. The average molecular weight is 402 g/mol. The van der Waals surface area contributed by atoms with Gasteiger partial charge in [-0.3, -0.25) is 4.90 Å². The Morgan fingerprint density at radius 3 is 2.25 bits per heavy atom. The van der Waals surface area contributed by atoms with Crippen LogP contribution in [0.3, 0.4) is 0 Å². The summed E-state index contributed by atoms with van der Waals surface area (Å²) in [5, 5.41) is 0. The van der Waals surface area contributed by atoms with E-state index in [0.29, 0.717) is 12.0 Å². The van der Waals surface area contributed by atoms with E-state index in [1.165, 1.54) is 11.1 Å². The van der Waals surface area contributed by atoms with Crippen molar-refractivity contribution in [2.45, 2.75) is 54.0 Å². The second-order valence-electron chi connectivity index (χ2n) is 5.72. The van der Waals surface area contributed by atoms with Crippen molar-refractivity contribution in [1.29, 1.82) is 0 Å². The zero-order valence-electron chi connectivity index (χ0n) is 16.3. The number of hydrogen-bond donors (Lipinski definition) is 0. The van der Waals surface area contributed by atoms with Gasteiger partial charge in [-0.15, -0.1) is 0 Å². The molecule has 1 atom stereocenters. The molecule has 2 aliphatic rings. The van der Waals surface area contributed by atoms with Crippen LogP contribution in [0.2, 0.25) is 0 Å². The lowest BCUT2D eigenvalue weighted by atomic mass is 9.85. The molecule has 0 aliphatic carbocycles. The molecule has 0 amide bonds. The van der Waals surface area contributed by atoms with E-state index >= 15 is 0 Å². The Hall–Kier alpha value is -0.940. The summed E-state index contributed by atoms with van der Waals surface area (Å²) in [7, 11) is 3.88. The largest absolute Gasteiger partial charge is 0.492 e. The van der Waals surface area contributed by atoms with Gasteiger partial charge in [-0.05, 0) is 40.9 Å². The molecule has 3 rings (SSSR count). The van der Waals surface area contributed by atoms with Crippen molar-refractivity contribution in [3.05, 3.63) is 15.6 Å². The molecule has 0 bridgehead atoms. The first-order valence-electron chi connectivity index (χ1n) is 8.94. The van der Waals surface area contributed by atoms with E-state index in [-0.39, 0.29) is 6.79 Å². The number of rotatable bonds is 2. The van der Waals surface area contributed by atoms with E-state index in [1.54, 1.807) is 7.11 Å². The van der Waals surface area contributed by atoms with Gasteiger partial charge in [-0.1, -0.05) is 41.5 Å². The molecule has 138 valence electrons. The van der Waals surface area contributed by atoms with Gasteiger partial charge < -0.3 is 14.2 Å². The Bertz CT molecular complexity index is 546. The van der Waals surface area contributed by atoms with E-state index in [1.807, 2.05) is 27.7 Å². The summed E-state index contributed by atoms with van der Waals surface area (Å²) >= 11 is 3.70. The van der Waals surface area contributed by atoms with E-state index in [4.69, 9.17) is 14.2 Å². The fraction of sp³-hybridized carbons (Fsp3) is 0.684. The first-order chi connectivity index (χ1) is 11.6. The van der Waals surface area contributed by atoms with Gasteiger partial charge in [0.2, 0.25) is 12.5 Å². The molecule has 1 aromatic carbocycles. The van der Waals surface area contributed by atoms with Crippen molar-refractivity contribution in [2.75, 3.05) is 27.5 Å². The summed E-state index contributed by atoms with van der Waals surface area (Å²) in [5.41, 5.74) is 2.54. The average Bonchev–Trinajstić information content (AvgIpc) is 3.08. The summed E-state index contributed by atoms with van der Waals surface area (Å²) in [6.07, 6.45) is 0.989. The van der Waals surface area contributed by atoms with Crippen molar-refractivity contribution in [3.63, 3.8) is 0 Å². The zero-order valence-corrected chi connectivity index (χ0v) is 17.9. The fourth-order valence-corrected chi connectivity index (χ4v) is 4.08. The topological polar surface area (TPSA) is 30.9 Å². The Balaban J connectivity index is 0.000000671. The standard InChI is InChI=1S/C15H20BrNO3.2C2H6/c1-8(2)12-10-9(5-6-17(12)3)11(16)14-15(13(10)18-4)20-7-19-14;2*1-2/h8,12H,5-7H2,1-4H3;2*1-2H3. The highest BCUT2D eigenvalue weighted by atomic mass is 79.9. The quantitative estimate of drug-likeness (QED) is 0.661. The molecule has 0 spiro atoms. The number of likely N-dealkylation sites (N-methyl/N-ethyl adjacent to an activating group) is 1. The van der Waals surface area contributed by atoms with Crippen LogP contribution in [0.5, 0.6) is 17.2 Å². The number of halogens is 1. The van der Waals surface area contributed by atoms with E-state index < -0.39 is 0 Å². The second kappa shape index (κ2) is 9.52. The van der Waals surface area contributed by atoms with E-state index in [2.05, 4.69) is 41.7 Å². The Labute approximate surface area is 155 Å². The van der Waals surface area contributed by atoms with E-state index in [9.17, 15) is 0 Å². The van der Waals surface area contributed by atoms with Crippen LogP contribution in [0, 0.1) is 5.92 Å². The molecule has 4 nitrogen and oxygen atoms in total. The third-order valence-electron chi connectivity index (χ3n) is 4.17. The van der Waals surface area contributed by atoms with Crippen LogP contribution in [-0.2, 0) is 6.42 Å². The molecule has 0 aromatic heterocycles. The lowest BCUT2D eigenvalue weighted by molar-refractivity contribution is 0.167. The molecule has 2 heterocycles. The number of ether oxygens (including phenoxy) is 3. The highest BCUT2D eigenvalue weighted by molar-refractivity contribution is 9.10. The molecular weight excluding hydrogens is 370 g/mol. The Morgan fingerprint density at radius 1 is 1.12 bits per heavy atom. The first-order valence-corrected chi connectivity index (χ1v) is 9.73. The summed E-state index contributed by atoms with van der Waals surface area (Å²) in [5.74, 6) is 2.85. The number of nitrogens with zero attached hydrogens (tertiary/aromatic N) is 1. The van der Waals surface area contributed by atoms with Gasteiger partial charge in [0, 0.05) is 18.2 Å². The second-order valence-corrected chi connectivity index (χ2v) is 6.52. The molecule has 2 aliphatic heterocycles. The predicted molar refractivity (Wildman–Crippen MR) is 103 cm³/mol. The van der Waals surface area contributed by atoms with Crippen molar-refractivity contribution < 1.29 is 14.2 Å². The van der Waals surface area contributed by atoms with E-state index in [0.717, 1.165) is 34.7 Å². The molecule has 1 unspecified atom stereocenters. The highest BCUT2D eigenvalue weighted by Gasteiger charge is 2.37. The van der Waals surface area contributed by atoms with Gasteiger partial charge in [-0.2, -0.15) is 0 Å². The smallest absolute Gasteiger partial charge is 0.231 e. The third kappa shape index (κ3) is 3.67. The van der Waals surface area contributed by atoms with Crippen LogP contribution in [0.15, 0.2) is 4.47 Å². The SMILES string of the molecule is CC.CC.COc1c2c(c(Br)c3c1C(C(C)C)N(C)CC3)OCO2. The van der Waals surface area contributed by atoms with Crippen LogP contribution < -0.4 is 14.2 Å². The minimum Gasteiger partial charge on any atom is -0.492 e. The van der Waals surface area contributed by atoms with Gasteiger partial charge in [0.25, 0.3) is 0 Å². The number of methoxy groups -OCH3 is 1. The monoisotopic (exact) mass is 401 g/mol. The lowest BCUT2D eigenvalue weighted by Crippen LogP contribution is -2.35. The summed E-state index contributed by atoms with van der Waals surface area (Å²) in [6.45, 7) is 13.8. The van der Waals surface area contributed by atoms with Crippen LogP contribution in [0.25, 0.3) is 0 Å². The summed E-state index contributed by atoms with van der Waals surface area (Å²) in [4.78, 5) is 2.39. The van der Waals surface area contributed by atoms with Crippen LogP contribution in [-0.4, -0.2) is 32.4 Å². The van der Waals surface area contributed by atoms with Gasteiger partial charge in [0.15, 0.2) is 11.5 Å². The first kappa shape index (κ1) is 21.1. The van der Waals surface area contributed by atoms with Gasteiger partial charge in [0.1, 0.15) is 0 Å². The maximum atomic E-state index is 5.69. The van der Waals surface area contributed by atoms with Gasteiger partial charge in [0.05, 0.1) is 11.6 Å². The van der Waals surface area contributed by atoms with Crippen LogP contribution >= 0.6 is 15.9 Å².